The molecule has 0 heterocycles. The molecule has 4 aliphatic carbocycles. The molecule has 23 heavy (non-hydrogen) atoms. The monoisotopic (exact) mass is 316 g/mol. The maximum absolute atomic E-state index is 12.2. The van der Waals surface area contributed by atoms with E-state index in [2.05, 4.69) is 6.92 Å². The smallest absolute Gasteiger partial charge is 0.161 e. The van der Waals surface area contributed by atoms with Gasteiger partial charge in [0.1, 0.15) is 5.60 Å². The molecule has 0 radical (unpaired) electrons. The molecule has 0 bridgehead atoms. The lowest BCUT2D eigenvalue weighted by Crippen LogP contribution is -2.55. The quantitative estimate of drug-likeness (QED) is 0.806. The summed E-state index contributed by atoms with van der Waals surface area (Å²) in [4.78, 5) is 23.9. The van der Waals surface area contributed by atoms with Crippen molar-refractivity contribution in [1.29, 1.82) is 0 Å². The Hall–Kier alpha value is -0.960. The molecular weight excluding hydrogens is 288 g/mol. The summed E-state index contributed by atoms with van der Waals surface area (Å²) in [5, 5.41) is 11.1. The van der Waals surface area contributed by atoms with Gasteiger partial charge in [-0.15, -0.1) is 0 Å². The molecule has 0 aliphatic heterocycles. The van der Waals surface area contributed by atoms with Crippen molar-refractivity contribution in [3.05, 3.63) is 11.6 Å². The van der Waals surface area contributed by atoms with Crippen molar-refractivity contribution >= 4 is 11.6 Å². The Morgan fingerprint density at radius 1 is 1.13 bits per heavy atom. The van der Waals surface area contributed by atoms with Crippen LogP contribution in [-0.4, -0.2) is 22.3 Å². The van der Waals surface area contributed by atoms with E-state index in [1.54, 1.807) is 6.92 Å². The van der Waals surface area contributed by atoms with Gasteiger partial charge in [-0.25, -0.2) is 0 Å². The highest BCUT2D eigenvalue weighted by Gasteiger charge is 2.64. The van der Waals surface area contributed by atoms with Crippen LogP contribution in [0.2, 0.25) is 0 Å². The predicted molar refractivity (Wildman–Crippen MR) is 87.7 cm³/mol. The minimum Gasteiger partial charge on any atom is -0.382 e. The first kappa shape index (κ1) is 15.6. The van der Waals surface area contributed by atoms with E-state index in [9.17, 15) is 14.7 Å². The lowest BCUT2D eigenvalue weighted by Gasteiger charge is -2.55. The average Bonchev–Trinajstić information content (AvgIpc) is 2.80. The van der Waals surface area contributed by atoms with E-state index in [0.29, 0.717) is 42.3 Å². The van der Waals surface area contributed by atoms with Gasteiger partial charge in [-0.2, -0.15) is 0 Å². The maximum atomic E-state index is 12.2. The molecule has 3 heteroatoms. The van der Waals surface area contributed by atoms with Crippen LogP contribution in [0.3, 0.4) is 0 Å². The Labute approximate surface area is 138 Å². The lowest BCUT2D eigenvalue weighted by atomic mass is 9.50. The second-order valence-corrected chi connectivity index (χ2v) is 8.71. The van der Waals surface area contributed by atoms with Crippen molar-refractivity contribution in [1.82, 2.24) is 0 Å². The molecule has 4 rings (SSSR count). The van der Waals surface area contributed by atoms with E-state index >= 15 is 0 Å². The molecule has 3 fully saturated rings. The fraction of sp³-hybridized carbons (Fsp3) is 0.800. The van der Waals surface area contributed by atoms with E-state index in [1.165, 1.54) is 5.57 Å². The number of ketones is 2. The molecule has 4 aliphatic rings. The molecule has 0 saturated heterocycles. The van der Waals surface area contributed by atoms with E-state index in [1.807, 2.05) is 6.08 Å². The van der Waals surface area contributed by atoms with Crippen LogP contribution in [0.4, 0.5) is 0 Å². The number of fused-ring (bicyclic) bond motifs is 5. The van der Waals surface area contributed by atoms with Crippen LogP contribution in [0.15, 0.2) is 11.6 Å². The molecule has 0 unspecified atom stereocenters. The molecule has 0 aromatic heterocycles. The lowest BCUT2D eigenvalue weighted by molar-refractivity contribution is -0.157. The summed E-state index contributed by atoms with van der Waals surface area (Å²) in [5.41, 5.74) is 0.0402. The number of hydrogen-bond donors (Lipinski definition) is 1. The van der Waals surface area contributed by atoms with Gasteiger partial charge in [0.05, 0.1) is 0 Å². The minimum absolute atomic E-state index is 0.0411. The van der Waals surface area contributed by atoms with Crippen LogP contribution in [0, 0.1) is 29.1 Å². The first-order chi connectivity index (χ1) is 10.9. The van der Waals surface area contributed by atoms with E-state index < -0.39 is 5.60 Å². The largest absolute Gasteiger partial charge is 0.382 e. The highest BCUT2D eigenvalue weighted by Crippen LogP contribution is 2.64. The van der Waals surface area contributed by atoms with Crippen molar-refractivity contribution in [2.75, 3.05) is 0 Å². The third-order valence-corrected chi connectivity index (χ3v) is 8.03. The molecule has 0 aromatic rings. The van der Waals surface area contributed by atoms with Gasteiger partial charge in [-0.1, -0.05) is 12.5 Å². The standard InChI is InChI=1S/C20H28O3/c1-12(21)20(23)10-8-18-17-5-3-13-11-14(22)4-6-15(13)16(17)7-9-19(18,20)2/h11,15-18,23H,3-10H2,1-2H3/t15-,16+,17+,18-,19-,20-/m0/s1. The summed E-state index contributed by atoms with van der Waals surface area (Å²) in [5.74, 6) is 2.60. The summed E-state index contributed by atoms with van der Waals surface area (Å²) < 4.78 is 0. The number of rotatable bonds is 1. The summed E-state index contributed by atoms with van der Waals surface area (Å²) >= 11 is 0. The molecular formula is C20H28O3. The van der Waals surface area contributed by atoms with Crippen molar-refractivity contribution in [3.8, 4) is 0 Å². The van der Waals surface area contributed by atoms with Crippen LogP contribution in [0.25, 0.3) is 0 Å². The van der Waals surface area contributed by atoms with Crippen LogP contribution < -0.4 is 0 Å². The van der Waals surface area contributed by atoms with Crippen molar-refractivity contribution < 1.29 is 14.7 Å². The minimum atomic E-state index is -1.11. The fourth-order valence-electron chi connectivity index (χ4n) is 6.78. The highest BCUT2D eigenvalue weighted by molar-refractivity contribution is 5.91. The van der Waals surface area contributed by atoms with Gasteiger partial charge in [-0.05, 0) is 81.6 Å². The zero-order valence-corrected chi connectivity index (χ0v) is 14.3. The second-order valence-electron chi connectivity index (χ2n) is 8.71. The molecule has 126 valence electrons. The SMILES string of the molecule is CC(=O)[C@@]1(O)CC[C@H]2[C@@H]3CCC4=CC(=O)CC[C@@H]4[C@H]3CC[C@@]21C. The Morgan fingerprint density at radius 2 is 1.91 bits per heavy atom. The Kier molecular flexibility index (Phi) is 3.39. The second kappa shape index (κ2) is 5.02. The molecule has 0 amide bonds. The van der Waals surface area contributed by atoms with Gasteiger partial charge in [0.25, 0.3) is 0 Å². The topological polar surface area (TPSA) is 54.4 Å². The third kappa shape index (κ3) is 1.98. The number of aliphatic hydroxyl groups is 1. The molecule has 1 N–H and O–H groups in total. The summed E-state index contributed by atoms with van der Waals surface area (Å²) in [6.45, 7) is 3.73. The normalized spacial score (nSPS) is 49.0. The van der Waals surface area contributed by atoms with Crippen molar-refractivity contribution in [2.24, 2.45) is 29.1 Å². The van der Waals surface area contributed by atoms with Gasteiger partial charge < -0.3 is 5.11 Å². The van der Waals surface area contributed by atoms with Crippen molar-refractivity contribution in [2.45, 2.75) is 70.8 Å². The third-order valence-electron chi connectivity index (χ3n) is 8.03. The van der Waals surface area contributed by atoms with Gasteiger partial charge in [-0.3, -0.25) is 9.59 Å². The number of Topliss-reactive ketones (excluding diaryl/α,β-unsaturated/α-hetero) is 1. The Balaban J connectivity index is 1.65. The van der Waals surface area contributed by atoms with Gasteiger partial charge in [0.2, 0.25) is 0 Å². The van der Waals surface area contributed by atoms with Gasteiger partial charge >= 0.3 is 0 Å². The summed E-state index contributed by atoms with van der Waals surface area (Å²) in [7, 11) is 0. The molecule has 3 saturated carbocycles. The van der Waals surface area contributed by atoms with Crippen LogP contribution in [0.1, 0.15) is 65.2 Å². The Bertz CT molecular complexity index is 592. The molecule has 0 aromatic carbocycles. The predicted octanol–water partition coefficient (Wildman–Crippen LogP) is 3.45. The number of carbonyl (C=O) groups is 2. The van der Waals surface area contributed by atoms with E-state index in [4.69, 9.17) is 0 Å². The summed E-state index contributed by atoms with van der Waals surface area (Å²) in [6.07, 6.45) is 9.51. The Morgan fingerprint density at radius 3 is 2.65 bits per heavy atom. The van der Waals surface area contributed by atoms with Crippen molar-refractivity contribution in [3.63, 3.8) is 0 Å². The maximum Gasteiger partial charge on any atom is 0.161 e. The molecule has 0 spiro atoms. The first-order valence-electron chi connectivity index (χ1n) is 9.33. The van der Waals surface area contributed by atoms with E-state index in [0.717, 1.165) is 38.5 Å². The zero-order chi connectivity index (χ0) is 16.4. The van der Waals surface area contributed by atoms with Crippen LogP contribution >= 0.6 is 0 Å². The number of hydrogen-bond acceptors (Lipinski definition) is 3. The molecule has 6 atom stereocenters. The number of allylic oxidation sites excluding steroid dienone is 1. The van der Waals surface area contributed by atoms with Crippen LogP contribution in [0.5, 0.6) is 0 Å². The van der Waals surface area contributed by atoms with Gasteiger partial charge in [0, 0.05) is 11.8 Å². The van der Waals surface area contributed by atoms with Crippen LogP contribution in [-0.2, 0) is 9.59 Å². The molecule has 3 nitrogen and oxygen atoms in total. The fourth-order valence-corrected chi connectivity index (χ4v) is 6.78. The number of carbonyl (C=O) groups excluding carboxylic acids is 2. The first-order valence-corrected chi connectivity index (χ1v) is 9.33. The van der Waals surface area contributed by atoms with Gasteiger partial charge in [0.15, 0.2) is 11.6 Å². The van der Waals surface area contributed by atoms with E-state index in [-0.39, 0.29) is 11.2 Å². The average molecular weight is 316 g/mol. The zero-order valence-electron chi connectivity index (χ0n) is 14.3. The summed E-state index contributed by atoms with van der Waals surface area (Å²) in [6, 6.07) is 0. The highest BCUT2D eigenvalue weighted by atomic mass is 16.3.